The number of carbonyl (C=O) groups excluding carboxylic acids is 3. The van der Waals surface area contributed by atoms with Crippen molar-refractivity contribution in [3.05, 3.63) is 129 Å². The molecule has 25 nitrogen and oxygen atoms in total. The van der Waals surface area contributed by atoms with Crippen LogP contribution in [0.25, 0.3) is 23.3 Å². The zero-order valence-electron chi connectivity index (χ0n) is 41.2. The summed E-state index contributed by atoms with van der Waals surface area (Å²) in [7, 11) is -18.8. The standard InChI is InChI=1S/C44H34N8O17S4.4Na/c1-22-39(44(55)52(51-22)27-7-5-4-6-8-27)48-47-33-21-29(71(59,60)61)16-26-20-36(72(62,63)64)41(43(54)38(26)33)50-46-32-14-10-24(18-35(32)69-3)23-9-13-31(34(17-23)68-2)45-49-40-30-12-11-28(70(56,57)58)15-25(30)19-37(42(40)53)73(65,66)67;;;;/h4-21,39,45-46H,1-3H3,(H,56,57,58)(H,59,60,61)(H,62,63,64)(H,65,66,67);;;;/q;4*+1/p-4/b48-47?,49-40+,50-41+;;;;. The molecule has 0 bridgehead atoms. The number of methoxy groups -OCH3 is 2. The minimum atomic E-state index is -5.57. The van der Waals surface area contributed by atoms with E-state index < -0.39 is 112 Å². The maximum atomic E-state index is 14.2. The predicted molar refractivity (Wildman–Crippen MR) is 255 cm³/mol. The van der Waals surface area contributed by atoms with E-state index in [-0.39, 0.29) is 158 Å². The van der Waals surface area contributed by atoms with Crippen LogP contribution >= 0.6 is 0 Å². The summed E-state index contributed by atoms with van der Waals surface area (Å²) in [5, 5.41) is 21.2. The summed E-state index contributed by atoms with van der Waals surface area (Å²) >= 11 is 0. The molecular formula is C44H30N8Na4O17S4. The number of rotatable bonds is 14. The van der Waals surface area contributed by atoms with Crippen LogP contribution in [0.4, 0.5) is 22.7 Å². The monoisotopic (exact) mass is 1160 g/mol. The van der Waals surface area contributed by atoms with E-state index in [9.17, 15) is 66.3 Å². The van der Waals surface area contributed by atoms with E-state index in [1.165, 1.54) is 57.5 Å². The van der Waals surface area contributed by atoms with E-state index in [1.54, 1.807) is 30.3 Å². The van der Waals surface area contributed by atoms with Gasteiger partial charge in [0.2, 0.25) is 11.6 Å². The van der Waals surface area contributed by atoms with Crippen LogP contribution in [-0.2, 0) is 50.1 Å². The fourth-order valence-corrected chi connectivity index (χ4v) is 9.71. The second-order valence-corrected chi connectivity index (χ2v) is 20.9. The average Bonchev–Trinajstić information content (AvgIpc) is 3.62. The molecule has 33 heteroatoms. The molecule has 0 saturated heterocycles. The minimum absolute atomic E-state index is 0. The van der Waals surface area contributed by atoms with Crippen LogP contribution in [0.5, 0.6) is 11.5 Å². The van der Waals surface area contributed by atoms with Crippen LogP contribution in [0.2, 0.25) is 0 Å². The van der Waals surface area contributed by atoms with Gasteiger partial charge in [0, 0.05) is 5.56 Å². The van der Waals surface area contributed by atoms with Gasteiger partial charge in [-0.05, 0) is 102 Å². The summed E-state index contributed by atoms with van der Waals surface area (Å²) in [6.07, 6.45) is 1.27. The molecule has 0 spiro atoms. The molecule has 1 atom stereocenters. The molecular weight excluding hydrogens is 1130 g/mol. The molecule has 1 amide bonds. The number of nitrogens with zero attached hydrogens (tertiary/aromatic N) is 6. The van der Waals surface area contributed by atoms with Crippen molar-refractivity contribution >= 4 is 110 Å². The first-order valence-electron chi connectivity index (χ1n) is 20.4. The Morgan fingerprint density at radius 2 is 1.10 bits per heavy atom. The average molecular weight is 1160 g/mol. The van der Waals surface area contributed by atoms with Crippen LogP contribution in [0.15, 0.2) is 142 Å². The fraction of sp³-hybridized carbons (Fsp3) is 0.0909. The molecule has 376 valence electrons. The summed E-state index contributed by atoms with van der Waals surface area (Å²) in [5.74, 6) is -3.18. The number of ether oxygens (including phenoxy) is 2. The molecule has 1 heterocycles. The van der Waals surface area contributed by atoms with Crippen molar-refractivity contribution in [1.82, 2.24) is 0 Å². The van der Waals surface area contributed by atoms with Gasteiger partial charge in [0.1, 0.15) is 68.3 Å². The van der Waals surface area contributed by atoms with Crippen LogP contribution in [0.1, 0.15) is 34.0 Å². The Balaban J connectivity index is 0.00000320. The van der Waals surface area contributed by atoms with Crippen molar-refractivity contribution in [2.45, 2.75) is 22.8 Å². The van der Waals surface area contributed by atoms with Crippen LogP contribution in [0.3, 0.4) is 0 Å². The van der Waals surface area contributed by atoms with E-state index in [0.29, 0.717) is 41.1 Å². The Morgan fingerprint density at radius 3 is 1.62 bits per heavy atom. The van der Waals surface area contributed by atoms with E-state index >= 15 is 0 Å². The molecule has 3 aliphatic rings. The molecule has 0 radical (unpaired) electrons. The Hall–Kier alpha value is -4.16. The predicted octanol–water partition coefficient (Wildman–Crippen LogP) is -8.09. The molecule has 0 fully saturated rings. The Kier molecular flexibility index (Phi) is 21.7. The van der Waals surface area contributed by atoms with Gasteiger partial charge >= 0.3 is 118 Å². The number of carbonyl (C=O) groups is 3. The van der Waals surface area contributed by atoms with E-state index in [0.717, 1.165) is 23.2 Å². The number of benzene rings is 5. The van der Waals surface area contributed by atoms with E-state index in [4.69, 9.17) is 9.47 Å². The molecule has 0 aromatic heterocycles. The Morgan fingerprint density at radius 1 is 0.584 bits per heavy atom. The van der Waals surface area contributed by atoms with Gasteiger partial charge in [-0.2, -0.15) is 30.5 Å². The van der Waals surface area contributed by atoms with Gasteiger partial charge in [-0.15, -0.1) is 0 Å². The fourth-order valence-electron chi connectivity index (χ4n) is 7.44. The van der Waals surface area contributed by atoms with E-state index in [2.05, 4.69) is 36.4 Å². The molecule has 2 N–H and O–H groups in total. The summed E-state index contributed by atoms with van der Waals surface area (Å²) in [5.41, 5.74) is 2.91. The maximum Gasteiger partial charge on any atom is 1.00 e. The van der Waals surface area contributed by atoms with Gasteiger partial charge in [-0.3, -0.25) is 25.2 Å². The van der Waals surface area contributed by atoms with E-state index in [1.807, 2.05) is 0 Å². The van der Waals surface area contributed by atoms with Gasteiger partial charge in [0.15, 0.2) is 6.04 Å². The number of para-hydroxylation sites is 1. The van der Waals surface area contributed by atoms with Gasteiger partial charge < -0.3 is 27.7 Å². The third-order valence-corrected chi connectivity index (χ3v) is 14.2. The molecule has 2 aliphatic carbocycles. The molecule has 77 heavy (non-hydrogen) atoms. The molecule has 0 saturated carbocycles. The number of nitrogens with one attached hydrogen (secondary N) is 2. The molecule has 8 rings (SSSR count). The maximum absolute atomic E-state index is 14.2. The van der Waals surface area contributed by atoms with Crippen molar-refractivity contribution in [2.75, 3.05) is 30.1 Å². The number of hydrogen-bond acceptors (Lipinski definition) is 24. The third kappa shape index (κ3) is 14.1. The van der Waals surface area contributed by atoms with Gasteiger partial charge in [0.05, 0.1) is 62.9 Å². The Labute approximate surface area is 527 Å². The topological polar surface area (TPSA) is 388 Å². The number of fused-ring (bicyclic) bond motifs is 2. The van der Waals surface area contributed by atoms with Gasteiger partial charge in [-0.25, -0.2) is 33.7 Å². The number of azo groups is 1. The number of ketones is 2. The SMILES string of the molecule is COc1cc(-c2ccc(N/N=C3/C(=O)C(S(=O)(=O)[O-])=Cc4cc(S(=O)(=O)[O-])ccc43)c(OC)c2)ccc1N/N=C1/C(=O)c2c(cc(S(=O)(=O)[O-])cc2N=NC2C(=O)N(c3ccccc3)N=C2C)C=C1S(=O)(=O)[O-].[Na+].[Na+].[Na+].[Na+]. The van der Waals surface area contributed by atoms with Crippen molar-refractivity contribution < 1.29 is 194 Å². The largest absolute Gasteiger partial charge is 1.00 e. The van der Waals surface area contributed by atoms with Crippen molar-refractivity contribution in [1.29, 1.82) is 0 Å². The number of allylic oxidation sites excluding steroid dienone is 2. The van der Waals surface area contributed by atoms with Crippen LogP contribution in [0, 0.1) is 0 Å². The Bertz CT molecular complexity index is 3930. The second kappa shape index (κ2) is 25.5. The minimum Gasteiger partial charge on any atom is -0.744 e. The first-order valence-corrected chi connectivity index (χ1v) is 26.0. The third-order valence-electron chi connectivity index (χ3n) is 10.9. The second-order valence-electron chi connectivity index (χ2n) is 15.5. The van der Waals surface area contributed by atoms with Crippen LogP contribution in [-0.4, -0.2) is 107 Å². The van der Waals surface area contributed by atoms with Crippen LogP contribution < -0.4 is 144 Å². The zero-order chi connectivity index (χ0) is 52.9. The first-order chi connectivity index (χ1) is 34.3. The van der Waals surface area contributed by atoms with Crippen molar-refractivity contribution in [3.63, 3.8) is 0 Å². The first kappa shape index (κ1) is 65.4. The van der Waals surface area contributed by atoms with Crippen molar-refractivity contribution in [2.24, 2.45) is 25.5 Å². The van der Waals surface area contributed by atoms with Crippen molar-refractivity contribution in [3.8, 4) is 22.6 Å². The number of Topliss-reactive ketones (excluding diaryl/α,β-unsaturated/α-hetero) is 2. The number of amides is 1. The summed E-state index contributed by atoms with van der Waals surface area (Å²) in [6, 6.07) is 19.7. The zero-order valence-corrected chi connectivity index (χ0v) is 52.5. The molecule has 5 aromatic carbocycles. The summed E-state index contributed by atoms with van der Waals surface area (Å²) in [4.78, 5) is 36.6. The number of anilines is 3. The van der Waals surface area contributed by atoms with Gasteiger partial charge in [-0.1, -0.05) is 36.4 Å². The normalized spacial score (nSPS) is 16.4. The molecule has 5 aromatic rings. The summed E-state index contributed by atoms with van der Waals surface area (Å²) < 4.78 is 156. The quantitative estimate of drug-likeness (QED) is 0.0451. The number of hydrazone groups is 3. The molecule has 1 unspecified atom stereocenters. The molecule has 1 aliphatic heterocycles. The van der Waals surface area contributed by atoms with Gasteiger partial charge in [0.25, 0.3) is 5.91 Å². The summed E-state index contributed by atoms with van der Waals surface area (Å²) in [6.45, 7) is 1.46. The smallest absolute Gasteiger partial charge is 0.744 e. The number of hydrogen-bond donors (Lipinski definition) is 2.